The predicted molar refractivity (Wildman–Crippen MR) is 67.1 cm³/mol. The molecule has 0 radical (unpaired) electrons. The first-order chi connectivity index (χ1) is 8.59. The van der Waals surface area contributed by atoms with Crippen LogP contribution in [-0.4, -0.2) is 19.9 Å². The van der Waals surface area contributed by atoms with Crippen LogP contribution in [0.5, 0.6) is 5.75 Å². The minimum Gasteiger partial charge on any atom is -0.485 e. The molecule has 5 nitrogen and oxygen atoms in total. The fourth-order valence-corrected chi connectivity index (χ4v) is 1.68. The maximum Gasteiger partial charge on any atom is 0.170 e. The molecule has 0 aliphatic carbocycles. The molecule has 2 aromatic rings. The summed E-state index contributed by atoms with van der Waals surface area (Å²) in [6.45, 7) is 3.94. The second kappa shape index (κ2) is 5.18. The Morgan fingerprint density at radius 1 is 1.33 bits per heavy atom. The van der Waals surface area contributed by atoms with Crippen LogP contribution in [0.2, 0.25) is 0 Å². The molecule has 5 heteroatoms. The van der Waals surface area contributed by atoms with Gasteiger partial charge in [0.2, 0.25) is 0 Å². The standard InChI is InChI=1S/C13H17N3O2/c1-9(17)11-6-4-5-7-12(11)18-8-13-15-14-10(2)16(13)3/h4-7,9,17H,8H2,1-3H3. The zero-order valence-electron chi connectivity index (χ0n) is 10.8. The van der Waals surface area contributed by atoms with Gasteiger partial charge in [-0.3, -0.25) is 0 Å². The zero-order chi connectivity index (χ0) is 13.1. The van der Waals surface area contributed by atoms with Crippen molar-refractivity contribution < 1.29 is 9.84 Å². The van der Waals surface area contributed by atoms with Gasteiger partial charge in [0, 0.05) is 12.6 Å². The molecule has 1 unspecified atom stereocenters. The number of aromatic nitrogens is 3. The third-order valence-corrected chi connectivity index (χ3v) is 2.91. The largest absolute Gasteiger partial charge is 0.485 e. The lowest BCUT2D eigenvalue weighted by atomic mass is 10.1. The van der Waals surface area contributed by atoms with Gasteiger partial charge in [-0.05, 0) is 19.9 Å². The molecule has 0 bridgehead atoms. The summed E-state index contributed by atoms with van der Waals surface area (Å²) in [6.07, 6.45) is -0.553. The Kier molecular flexibility index (Phi) is 3.62. The number of para-hydroxylation sites is 1. The summed E-state index contributed by atoms with van der Waals surface area (Å²) in [5.74, 6) is 2.28. The molecule has 0 aliphatic heterocycles. The highest BCUT2D eigenvalue weighted by molar-refractivity contribution is 5.34. The molecule has 0 saturated heterocycles. The first kappa shape index (κ1) is 12.6. The lowest BCUT2D eigenvalue weighted by Crippen LogP contribution is -2.06. The molecule has 18 heavy (non-hydrogen) atoms. The van der Waals surface area contributed by atoms with Crippen molar-refractivity contribution in [2.45, 2.75) is 26.6 Å². The minimum absolute atomic E-state index is 0.334. The highest BCUT2D eigenvalue weighted by atomic mass is 16.5. The van der Waals surface area contributed by atoms with Crippen LogP contribution in [0.1, 0.15) is 30.2 Å². The molecule has 0 spiro atoms. The first-order valence-electron chi connectivity index (χ1n) is 5.84. The highest BCUT2D eigenvalue weighted by Crippen LogP contribution is 2.25. The van der Waals surface area contributed by atoms with E-state index in [0.29, 0.717) is 12.4 Å². The molecule has 2 rings (SSSR count). The fourth-order valence-electron chi connectivity index (χ4n) is 1.68. The lowest BCUT2D eigenvalue weighted by molar-refractivity contribution is 0.189. The van der Waals surface area contributed by atoms with E-state index in [1.807, 2.05) is 42.8 Å². The van der Waals surface area contributed by atoms with Gasteiger partial charge in [-0.25, -0.2) is 0 Å². The number of hydrogen-bond donors (Lipinski definition) is 1. The van der Waals surface area contributed by atoms with E-state index in [1.54, 1.807) is 6.92 Å². The molecule has 0 amide bonds. The monoisotopic (exact) mass is 247 g/mol. The Morgan fingerprint density at radius 3 is 2.67 bits per heavy atom. The summed E-state index contributed by atoms with van der Waals surface area (Å²) in [4.78, 5) is 0. The summed E-state index contributed by atoms with van der Waals surface area (Å²) >= 11 is 0. The van der Waals surface area contributed by atoms with Gasteiger partial charge in [-0.2, -0.15) is 0 Å². The van der Waals surface area contributed by atoms with E-state index in [2.05, 4.69) is 10.2 Å². The van der Waals surface area contributed by atoms with Crippen LogP contribution in [-0.2, 0) is 13.7 Å². The maximum absolute atomic E-state index is 9.65. The van der Waals surface area contributed by atoms with Crippen molar-refractivity contribution in [1.29, 1.82) is 0 Å². The number of hydrogen-bond acceptors (Lipinski definition) is 4. The summed E-state index contributed by atoms with van der Waals surface area (Å²) in [6, 6.07) is 7.44. The van der Waals surface area contributed by atoms with Gasteiger partial charge in [0.25, 0.3) is 0 Å². The summed E-state index contributed by atoms with van der Waals surface area (Å²) in [5, 5.41) is 17.6. The third kappa shape index (κ3) is 2.51. The lowest BCUT2D eigenvalue weighted by Gasteiger charge is -2.12. The SMILES string of the molecule is Cc1nnc(COc2ccccc2C(C)O)n1C. The Morgan fingerprint density at radius 2 is 2.06 bits per heavy atom. The molecule has 1 atom stereocenters. The highest BCUT2D eigenvalue weighted by Gasteiger charge is 2.10. The van der Waals surface area contributed by atoms with Crippen LogP contribution >= 0.6 is 0 Å². The van der Waals surface area contributed by atoms with Crippen molar-refractivity contribution >= 4 is 0 Å². The van der Waals surface area contributed by atoms with Crippen molar-refractivity contribution in [3.63, 3.8) is 0 Å². The molecule has 0 fully saturated rings. The molecule has 96 valence electrons. The van der Waals surface area contributed by atoms with Gasteiger partial charge < -0.3 is 14.4 Å². The molecule has 1 aromatic carbocycles. The first-order valence-corrected chi connectivity index (χ1v) is 5.84. The molecule has 1 N–H and O–H groups in total. The van der Waals surface area contributed by atoms with Crippen LogP contribution in [0.3, 0.4) is 0 Å². The van der Waals surface area contributed by atoms with Crippen molar-refractivity contribution in [3.05, 3.63) is 41.5 Å². The van der Waals surface area contributed by atoms with Crippen LogP contribution in [0.15, 0.2) is 24.3 Å². The number of aliphatic hydroxyl groups is 1. The average Bonchev–Trinajstić information content (AvgIpc) is 2.68. The van der Waals surface area contributed by atoms with Gasteiger partial charge in [0.15, 0.2) is 5.82 Å². The van der Waals surface area contributed by atoms with E-state index < -0.39 is 6.10 Å². The quantitative estimate of drug-likeness (QED) is 0.894. The van der Waals surface area contributed by atoms with Crippen molar-refractivity contribution in [2.75, 3.05) is 0 Å². The van der Waals surface area contributed by atoms with Crippen LogP contribution in [0, 0.1) is 6.92 Å². The number of ether oxygens (including phenoxy) is 1. The number of rotatable bonds is 4. The van der Waals surface area contributed by atoms with Crippen molar-refractivity contribution in [2.24, 2.45) is 7.05 Å². The third-order valence-electron chi connectivity index (χ3n) is 2.91. The van der Waals surface area contributed by atoms with Gasteiger partial charge >= 0.3 is 0 Å². The predicted octanol–water partition coefficient (Wildman–Crippen LogP) is 1.76. The Hall–Kier alpha value is -1.88. The van der Waals surface area contributed by atoms with E-state index in [9.17, 15) is 5.11 Å². The molecular weight excluding hydrogens is 230 g/mol. The molecule has 0 saturated carbocycles. The molecule has 0 aliphatic rings. The minimum atomic E-state index is -0.553. The van der Waals surface area contributed by atoms with Crippen molar-refractivity contribution in [3.8, 4) is 5.75 Å². The van der Waals surface area contributed by atoms with E-state index in [0.717, 1.165) is 17.2 Å². The Balaban J connectivity index is 2.13. The van der Waals surface area contributed by atoms with Crippen molar-refractivity contribution in [1.82, 2.24) is 14.8 Å². The van der Waals surface area contributed by atoms with Crippen LogP contribution < -0.4 is 4.74 Å². The van der Waals surface area contributed by atoms with E-state index in [-0.39, 0.29) is 0 Å². The van der Waals surface area contributed by atoms with E-state index in [4.69, 9.17) is 4.74 Å². The zero-order valence-corrected chi connectivity index (χ0v) is 10.8. The number of benzene rings is 1. The van der Waals surface area contributed by atoms with Gasteiger partial charge in [0.1, 0.15) is 18.2 Å². The smallest absolute Gasteiger partial charge is 0.170 e. The maximum atomic E-state index is 9.65. The van der Waals surface area contributed by atoms with Gasteiger partial charge in [0.05, 0.1) is 6.10 Å². The summed E-state index contributed by atoms with van der Waals surface area (Å²) in [7, 11) is 1.90. The molecule has 1 aromatic heterocycles. The number of aliphatic hydroxyl groups excluding tert-OH is 1. The topological polar surface area (TPSA) is 60.2 Å². The Bertz CT molecular complexity index is 535. The van der Waals surface area contributed by atoms with Gasteiger partial charge in [-0.15, -0.1) is 10.2 Å². The summed E-state index contributed by atoms with van der Waals surface area (Å²) in [5.41, 5.74) is 0.774. The van der Waals surface area contributed by atoms with Gasteiger partial charge in [-0.1, -0.05) is 18.2 Å². The Labute approximate surface area is 106 Å². The fraction of sp³-hybridized carbons (Fsp3) is 0.385. The molecule has 1 heterocycles. The van der Waals surface area contributed by atoms with E-state index in [1.165, 1.54) is 0 Å². The number of nitrogens with zero attached hydrogens (tertiary/aromatic N) is 3. The normalized spacial score (nSPS) is 12.4. The van der Waals surface area contributed by atoms with Crippen LogP contribution in [0.25, 0.3) is 0 Å². The van der Waals surface area contributed by atoms with E-state index >= 15 is 0 Å². The second-order valence-corrected chi connectivity index (χ2v) is 4.22. The average molecular weight is 247 g/mol. The number of aryl methyl sites for hydroxylation is 1. The second-order valence-electron chi connectivity index (χ2n) is 4.22. The van der Waals surface area contributed by atoms with Crippen LogP contribution in [0.4, 0.5) is 0 Å². The summed E-state index contributed by atoms with van der Waals surface area (Å²) < 4.78 is 7.58. The molecular formula is C13H17N3O2.